The third-order valence-electron chi connectivity index (χ3n) is 4.94. The monoisotopic (exact) mass is 372 g/mol. The van der Waals surface area contributed by atoms with Crippen LogP contribution in [0.5, 0.6) is 0 Å². The van der Waals surface area contributed by atoms with Crippen molar-refractivity contribution in [3.05, 3.63) is 0 Å². The highest BCUT2D eigenvalue weighted by molar-refractivity contribution is 6.64. The van der Waals surface area contributed by atoms with E-state index in [1.807, 2.05) is 6.92 Å². The summed E-state index contributed by atoms with van der Waals surface area (Å²) in [6.07, 6.45) is 22.6. The SMILES string of the molecule is CCCCCCCCCCCCCCCCCCO[Si](C)(C)OCC. The quantitative estimate of drug-likeness (QED) is 0.159. The van der Waals surface area contributed by atoms with E-state index in [-0.39, 0.29) is 0 Å². The van der Waals surface area contributed by atoms with E-state index in [4.69, 9.17) is 8.85 Å². The summed E-state index contributed by atoms with van der Waals surface area (Å²) in [4.78, 5) is 0. The summed E-state index contributed by atoms with van der Waals surface area (Å²) < 4.78 is 11.6. The van der Waals surface area contributed by atoms with Crippen LogP contribution in [0.1, 0.15) is 117 Å². The Morgan fingerprint density at radius 1 is 0.480 bits per heavy atom. The van der Waals surface area contributed by atoms with Gasteiger partial charge in [0.25, 0.3) is 0 Å². The Morgan fingerprint density at radius 2 is 0.840 bits per heavy atom. The molecule has 0 radical (unpaired) electrons. The van der Waals surface area contributed by atoms with Crippen LogP contribution in [0.4, 0.5) is 0 Å². The van der Waals surface area contributed by atoms with Crippen molar-refractivity contribution in [1.29, 1.82) is 0 Å². The predicted octanol–water partition coefficient (Wildman–Crippen LogP) is 8.00. The van der Waals surface area contributed by atoms with E-state index in [9.17, 15) is 0 Å². The smallest absolute Gasteiger partial charge is 0.331 e. The first-order valence-electron chi connectivity index (χ1n) is 11.4. The molecule has 0 aromatic carbocycles. The van der Waals surface area contributed by atoms with Gasteiger partial charge in [-0.05, 0) is 26.4 Å². The molecule has 0 aliphatic heterocycles. The Morgan fingerprint density at radius 3 is 1.20 bits per heavy atom. The van der Waals surface area contributed by atoms with Crippen LogP contribution < -0.4 is 0 Å². The Bertz CT molecular complexity index is 256. The fourth-order valence-corrected chi connectivity index (χ4v) is 4.77. The number of hydrogen-bond acceptors (Lipinski definition) is 2. The molecule has 0 amide bonds. The Hall–Kier alpha value is 0.137. The normalized spacial score (nSPS) is 12.0. The summed E-state index contributed by atoms with van der Waals surface area (Å²) in [6, 6.07) is 0. The van der Waals surface area contributed by atoms with Crippen molar-refractivity contribution in [2.45, 2.75) is 130 Å². The fourth-order valence-electron chi connectivity index (χ4n) is 3.36. The van der Waals surface area contributed by atoms with Gasteiger partial charge in [-0.25, -0.2) is 0 Å². The average molecular weight is 373 g/mol. The lowest BCUT2D eigenvalue weighted by Gasteiger charge is -2.21. The summed E-state index contributed by atoms with van der Waals surface area (Å²) in [5, 5.41) is 0. The van der Waals surface area contributed by atoms with Crippen molar-refractivity contribution < 1.29 is 8.85 Å². The molecule has 152 valence electrons. The molecule has 0 aromatic heterocycles. The third kappa shape index (κ3) is 20.3. The molecular formula is C22H48O2Si. The second-order valence-electron chi connectivity index (χ2n) is 7.98. The summed E-state index contributed by atoms with van der Waals surface area (Å²) in [6.45, 7) is 10.3. The van der Waals surface area contributed by atoms with Crippen LogP contribution in [0.15, 0.2) is 0 Å². The van der Waals surface area contributed by atoms with Gasteiger partial charge in [0, 0.05) is 13.2 Å². The lowest BCUT2D eigenvalue weighted by atomic mass is 10.0. The largest absolute Gasteiger partial charge is 0.395 e. The second kappa shape index (κ2) is 18.9. The van der Waals surface area contributed by atoms with Gasteiger partial charge in [-0.1, -0.05) is 103 Å². The van der Waals surface area contributed by atoms with Gasteiger partial charge in [0.2, 0.25) is 0 Å². The molecule has 2 nitrogen and oxygen atoms in total. The van der Waals surface area contributed by atoms with Crippen molar-refractivity contribution in [2.24, 2.45) is 0 Å². The first-order valence-corrected chi connectivity index (χ1v) is 14.2. The van der Waals surface area contributed by atoms with Crippen LogP contribution in [-0.2, 0) is 8.85 Å². The van der Waals surface area contributed by atoms with E-state index < -0.39 is 8.56 Å². The first-order chi connectivity index (χ1) is 12.1. The standard InChI is InChI=1S/C22H48O2Si/c1-5-7-8-9-10-11-12-13-14-15-16-17-18-19-20-21-22-24-25(3,4)23-6-2/h5-22H2,1-4H3. The Kier molecular flexibility index (Phi) is 19.0. The zero-order valence-electron chi connectivity index (χ0n) is 18.0. The maximum Gasteiger partial charge on any atom is 0.331 e. The zero-order chi connectivity index (χ0) is 18.6. The van der Waals surface area contributed by atoms with Gasteiger partial charge in [0.1, 0.15) is 0 Å². The maximum absolute atomic E-state index is 5.91. The molecule has 0 spiro atoms. The van der Waals surface area contributed by atoms with Gasteiger partial charge in [0.15, 0.2) is 0 Å². The Labute approximate surface area is 160 Å². The summed E-state index contributed by atoms with van der Waals surface area (Å²) in [5.41, 5.74) is 0. The van der Waals surface area contributed by atoms with E-state index in [0.717, 1.165) is 13.2 Å². The van der Waals surface area contributed by atoms with Gasteiger partial charge in [-0.2, -0.15) is 0 Å². The third-order valence-corrected chi connectivity index (χ3v) is 6.82. The number of hydrogen-bond donors (Lipinski definition) is 0. The minimum absolute atomic E-state index is 0.776. The van der Waals surface area contributed by atoms with Crippen LogP contribution >= 0.6 is 0 Å². The van der Waals surface area contributed by atoms with E-state index in [1.165, 1.54) is 103 Å². The minimum atomic E-state index is -1.81. The minimum Gasteiger partial charge on any atom is -0.395 e. The molecule has 0 unspecified atom stereocenters. The van der Waals surface area contributed by atoms with E-state index in [0.29, 0.717) is 0 Å². The molecule has 0 rings (SSSR count). The van der Waals surface area contributed by atoms with Gasteiger partial charge in [0.05, 0.1) is 0 Å². The highest BCUT2D eigenvalue weighted by Crippen LogP contribution is 2.14. The molecule has 0 atom stereocenters. The molecule has 0 aromatic rings. The predicted molar refractivity (Wildman–Crippen MR) is 115 cm³/mol. The van der Waals surface area contributed by atoms with Crippen molar-refractivity contribution in [1.82, 2.24) is 0 Å². The molecule has 0 saturated heterocycles. The Balaban J connectivity index is 3.10. The zero-order valence-corrected chi connectivity index (χ0v) is 19.0. The van der Waals surface area contributed by atoms with Gasteiger partial charge >= 0.3 is 8.56 Å². The van der Waals surface area contributed by atoms with Crippen molar-refractivity contribution in [3.8, 4) is 0 Å². The summed E-state index contributed by atoms with van der Waals surface area (Å²) >= 11 is 0. The van der Waals surface area contributed by atoms with Gasteiger partial charge < -0.3 is 8.85 Å². The first kappa shape index (κ1) is 25.1. The highest BCUT2D eigenvalue weighted by atomic mass is 28.4. The van der Waals surface area contributed by atoms with Crippen molar-refractivity contribution in [3.63, 3.8) is 0 Å². The molecular weight excluding hydrogens is 324 g/mol. The van der Waals surface area contributed by atoms with Crippen LogP contribution in [0.25, 0.3) is 0 Å². The van der Waals surface area contributed by atoms with Crippen molar-refractivity contribution in [2.75, 3.05) is 13.2 Å². The van der Waals surface area contributed by atoms with E-state index in [1.54, 1.807) is 0 Å². The maximum atomic E-state index is 5.91. The van der Waals surface area contributed by atoms with E-state index in [2.05, 4.69) is 20.0 Å². The molecule has 0 fully saturated rings. The van der Waals surface area contributed by atoms with Crippen molar-refractivity contribution >= 4 is 8.56 Å². The average Bonchev–Trinajstić information content (AvgIpc) is 2.57. The molecule has 0 saturated carbocycles. The molecule has 0 N–H and O–H groups in total. The number of rotatable bonds is 20. The van der Waals surface area contributed by atoms with Crippen LogP contribution in [0.2, 0.25) is 13.1 Å². The molecule has 25 heavy (non-hydrogen) atoms. The fraction of sp³-hybridized carbons (Fsp3) is 1.00. The van der Waals surface area contributed by atoms with Gasteiger partial charge in [-0.15, -0.1) is 0 Å². The second-order valence-corrected chi connectivity index (χ2v) is 11.4. The van der Waals surface area contributed by atoms with Gasteiger partial charge in [-0.3, -0.25) is 0 Å². The molecule has 3 heteroatoms. The van der Waals surface area contributed by atoms with Crippen LogP contribution in [-0.4, -0.2) is 21.8 Å². The summed E-state index contributed by atoms with van der Waals surface area (Å²) in [5.74, 6) is 0. The lowest BCUT2D eigenvalue weighted by Crippen LogP contribution is -2.35. The molecule has 0 aliphatic carbocycles. The van der Waals surface area contributed by atoms with Crippen LogP contribution in [0.3, 0.4) is 0 Å². The highest BCUT2D eigenvalue weighted by Gasteiger charge is 2.22. The molecule has 0 aliphatic rings. The molecule has 0 bridgehead atoms. The van der Waals surface area contributed by atoms with Crippen LogP contribution in [0, 0.1) is 0 Å². The lowest BCUT2D eigenvalue weighted by molar-refractivity contribution is 0.183. The number of unbranched alkanes of at least 4 members (excludes halogenated alkanes) is 15. The molecule has 0 heterocycles. The van der Waals surface area contributed by atoms with E-state index >= 15 is 0 Å². The topological polar surface area (TPSA) is 18.5 Å². The summed E-state index contributed by atoms with van der Waals surface area (Å²) in [7, 11) is -1.81.